The van der Waals surface area contributed by atoms with Crippen LogP contribution in [0.1, 0.15) is 18.4 Å². The Morgan fingerprint density at radius 3 is 2.73 bits per heavy atom. The van der Waals surface area contributed by atoms with Gasteiger partial charge in [0, 0.05) is 18.5 Å². The van der Waals surface area contributed by atoms with Crippen LogP contribution < -0.4 is 0 Å². The van der Waals surface area contributed by atoms with Crippen molar-refractivity contribution in [3.05, 3.63) is 46.9 Å². The molecule has 134 valence electrons. The number of furan rings is 1. The molecule has 26 heavy (non-hydrogen) atoms. The van der Waals surface area contributed by atoms with Crippen molar-refractivity contribution in [2.45, 2.75) is 12.8 Å². The van der Waals surface area contributed by atoms with E-state index >= 15 is 0 Å². The largest absolute Gasteiger partial charge is 0.481 e. The van der Waals surface area contributed by atoms with Crippen molar-refractivity contribution in [1.29, 1.82) is 0 Å². The fourth-order valence-electron chi connectivity index (χ4n) is 2.47. The first kappa shape index (κ1) is 18.2. The summed E-state index contributed by atoms with van der Waals surface area (Å²) in [7, 11) is 0. The zero-order chi connectivity index (χ0) is 18.7. The molecule has 6 nitrogen and oxygen atoms in total. The number of thioether (sulfide) groups is 1. The van der Waals surface area contributed by atoms with E-state index in [0.29, 0.717) is 27.0 Å². The Kier molecular flexibility index (Phi) is 5.43. The molecule has 1 amide bonds. The number of aliphatic carboxylic acids is 1. The molecule has 0 atom stereocenters. The molecule has 2 heterocycles. The molecule has 1 fully saturated rings. The molecule has 1 saturated heterocycles. The molecule has 0 radical (unpaired) electrons. The minimum Gasteiger partial charge on any atom is -0.481 e. The van der Waals surface area contributed by atoms with Crippen LogP contribution in [0, 0.1) is 0 Å². The van der Waals surface area contributed by atoms with E-state index in [2.05, 4.69) is 0 Å². The Labute approximate surface area is 159 Å². The first-order valence-electron chi connectivity index (χ1n) is 7.81. The third-order valence-corrected chi connectivity index (χ3v) is 5.11. The molecule has 0 unspecified atom stereocenters. The molecule has 0 bridgehead atoms. The molecule has 0 spiro atoms. The lowest BCUT2D eigenvalue weighted by Gasteiger charge is -2.13. The Morgan fingerprint density at radius 2 is 2.04 bits per heavy atom. The van der Waals surface area contributed by atoms with Gasteiger partial charge in [0.1, 0.15) is 10.1 Å². The number of carbonyl (C=O) groups is 2. The molecule has 1 aromatic carbocycles. The van der Waals surface area contributed by atoms with Gasteiger partial charge in [-0.3, -0.25) is 14.5 Å². The molecule has 8 heteroatoms. The molecular weight excluding hydrogens is 374 g/mol. The second-order valence-electron chi connectivity index (χ2n) is 5.57. The van der Waals surface area contributed by atoms with Gasteiger partial charge in [-0.25, -0.2) is 0 Å². The van der Waals surface area contributed by atoms with Crippen molar-refractivity contribution in [3.8, 4) is 17.3 Å². The molecule has 1 aromatic heterocycles. The number of benzene rings is 1. The number of rotatable bonds is 6. The van der Waals surface area contributed by atoms with Crippen LogP contribution in [0.2, 0.25) is 0 Å². The van der Waals surface area contributed by atoms with Crippen molar-refractivity contribution >= 4 is 46.3 Å². The Balaban J connectivity index is 1.78. The lowest BCUT2D eigenvalue weighted by atomic mass is 10.1. The van der Waals surface area contributed by atoms with E-state index in [-0.39, 0.29) is 24.8 Å². The highest BCUT2D eigenvalue weighted by molar-refractivity contribution is 8.26. The van der Waals surface area contributed by atoms with Gasteiger partial charge < -0.3 is 14.6 Å². The highest BCUT2D eigenvalue weighted by Crippen LogP contribution is 2.36. The summed E-state index contributed by atoms with van der Waals surface area (Å²) in [4.78, 5) is 24.8. The summed E-state index contributed by atoms with van der Waals surface area (Å²) in [6, 6.07) is 11.0. The monoisotopic (exact) mass is 389 g/mol. The summed E-state index contributed by atoms with van der Waals surface area (Å²) >= 11 is 6.32. The SMILES string of the molecule is O=C(O)CCCN1C(=O)/C(=C/c2cc(-c3ccccc3)oc2O)SC1=S. The van der Waals surface area contributed by atoms with E-state index in [1.165, 1.54) is 11.0 Å². The molecule has 1 aliphatic rings. The highest BCUT2D eigenvalue weighted by Gasteiger charge is 2.32. The third-order valence-electron chi connectivity index (χ3n) is 3.73. The average molecular weight is 389 g/mol. The summed E-state index contributed by atoms with van der Waals surface area (Å²) in [5.41, 5.74) is 1.19. The maximum atomic E-state index is 12.5. The van der Waals surface area contributed by atoms with Crippen LogP contribution in [0.3, 0.4) is 0 Å². The van der Waals surface area contributed by atoms with Gasteiger partial charge in [-0.05, 0) is 18.6 Å². The molecule has 0 aliphatic carbocycles. The Morgan fingerprint density at radius 1 is 1.31 bits per heavy atom. The minimum atomic E-state index is -0.914. The molecular formula is C18H15NO5S2. The maximum absolute atomic E-state index is 12.5. The first-order valence-corrected chi connectivity index (χ1v) is 9.03. The molecule has 2 N–H and O–H groups in total. The third kappa shape index (κ3) is 3.97. The fraction of sp³-hybridized carbons (Fsp3) is 0.167. The van der Waals surface area contributed by atoms with E-state index in [1.807, 2.05) is 30.3 Å². The van der Waals surface area contributed by atoms with Crippen LogP contribution in [0.15, 0.2) is 45.7 Å². The van der Waals surface area contributed by atoms with Gasteiger partial charge >= 0.3 is 5.97 Å². The number of thiocarbonyl (C=S) groups is 1. The van der Waals surface area contributed by atoms with E-state index in [4.69, 9.17) is 21.7 Å². The predicted molar refractivity (Wildman–Crippen MR) is 103 cm³/mol. The Hall–Kier alpha value is -2.58. The molecule has 2 aromatic rings. The smallest absolute Gasteiger partial charge is 0.303 e. The number of carboxylic acid groups (broad SMARTS) is 1. The van der Waals surface area contributed by atoms with Gasteiger partial charge in [-0.1, -0.05) is 54.3 Å². The predicted octanol–water partition coefficient (Wildman–Crippen LogP) is 3.72. The molecule has 0 saturated carbocycles. The summed E-state index contributed by atoms with van der Waals surface area (Å²) in [6.07, 6.45) is 1.82. The lowest BCUT2D eigenvalue weighted by Crippen LogP contribution is -2.29. The molecule has 3 rings (SSSR count). The van der Waals surface area contributed by atoms with Gasteiger partial charge in [0.2, 0.25) is 0 Å². The van der Waals surface area contributed by atoms with Crippen LogP contribution in [0.4, 0.5) is 0 Å². The quantitative estimate of drug-likeness (QED) is 0.575. The number of hydrogen-bond donors (Lipinski definition) is 2. The van der Waals surface area contributed by atoms with Crippen LogP contribution in [0.25, 0.3) is 17.4 Å². The standard InChI is InChI=1S/C18H15NO5S2/c20-15(21)7-4-8-19-16(22)14(26-18(19)25)10-12-9-13(24-17(12)23)11-5-2-1-3-6-11/h1-3,5-6,9-10,23H,4,7-8H2,(H,20,21)/b14-10-. The second kappa shape index (κ2) is 7.76. The minimum absolute atomic E-state index is 0.0287. The van der Waals surface area contributed by atoms with Crippen molar-refractivity contribution in [2.75, 3.05) is 6.54 Å². The van der Waals surface area contributed by atoms with E-state index in [1.54, 1.807) is 6.07 Å². The summed E-state index contributed by atoms with van der Waals surface area (Å²) in [5.74, 6) is -0.999. The topological polar surface area (TPSA) is 91.0 Å². The summed E-state index contributed by atoms with van der Waals surface area (Å²) in [5, 5.41) is 18.7. The summed E-state index contributed by atoms with van der Waals surface area (Å²) < 4.78 is 5.74. The van der Waals surface area contributed by atoms with Crippen LogP contribution >= 0.6 is 24.0 Å². The number of carboxylic acids is 1. The maximum Gasteiger partial charge on any atom is 0.303 e. The zero-order valence-electron chi connectivity index (χ0n) is 13.5. The normalized spacial score (nSPS) is 15.8. The number of nitrogens with zero attached hydrogens (tertiary/aromatic N) is 1. The van der Waals surface area contributed by atoms with Gasteiger partial charge in [-0.15, -0.1) is 0 Å². The zero-order valence-corrected chi connectivity index (χ0v) is 15.2. The van der Waals surface area contributed by atoms with Crippen LogP contribution in [-0.4, -0.2) is 37.9 Å². The van der Waals surface area contributed by atoms with Crippen molar-refractivity contribution in [2.24, 2.45) is 0 Å². The van der Waals surface area contributed by atoms with Gasteiger partial charge in [0.15, 0.2) is 0 Å². The van der Waals surface area contributed by atoms with Crippen molar-refractivity contribution in [1.82, 2.24) is 4.90 Å². The van der Waals surface area contributed by atoms with Crippen LogP contribution in [0.5, 0.6) is 5.95 Å². The van der Waals surface area contributed by atoms with Gasteiger partial charge in [0.05, 0.1) is 10.5 Å². The second-order valence-corrected chi connectivity index (χ2v) is 7.24. The van der Waals surface area contributed by atoms with Gasteiger partial charge in [0.25, 0.3) is 11.9 Å². The lowest BCUT2D eigenvalue weighted by molar-refractivity contribution is -0.137. The van der Waals surface area contributed by atoms with Gasteiger partial charge in [-0.2, -0.15) is 0 Å². The van der Waals surface area contributed by atoms with E-state index < -0.39 is 5.97 Å². The highest BCUT2D eigenvalue weighted by atomic mass is 32.2. The van der Waals surface area contributed by atoms with Crippen molar-refractivity contribution in [3.63, 3.8) is 0 Å². The summed E-state index contributed by atoms with van der Waals surface area (Å²) in [6.45, 7) is 0.251. The van der Waals surface area contributed by atoms with Crippen molar-refractivity contribution < 1.29 is 24.2 Å². The van der Waals surface area contributed by atoms with E-state index in [0.717, 1.165) is 17.3 Å². The number of aromatic hydroxyl groups is 1. The first-order chi connectivity index (χ1) is 12.5. The Bertz CT molecular complexity index is 888. The molecule has 1 aliphatic heterocycles. The average Bonchev–Trinajstić information content (AvgIpc) is 3.10. The van der Waals surface area contributed by atoms with Crippen LogP contribution in [-0.2, 0) is 9.59 Å². The number of carbonyl (C=O) groups excluding carboxylic acids is 1. The van der Waals surface area contributed by atoms with E-state index in [9.17, 15) is 14.7 Å². The number of hydrogen-bond acceptors (Lipinski definition) is 6. The fourth-order valence-corrected chi connectivity index (χ4v) is 3.77. The number of amides is 1.